The van der Waals surface area contributed by atoms with Gasteiger partial charge in [0.15, 0.2) is 0 Å². The number of aromatic carboxylic acids is 1. The van der Waals surface area contributed by atoms with Crippen LogP contribution in [0.25, 0.3) is 10.9 Å². The van der Waals surface area contributed by atoms with Crippen molar-refractivity contribution in [2.45, 2.75) is 33.4 Å². The van der Waals surface area contributed by atoms with Crippen LogP contribution in [0.15, 0.2) is 66.7 Å². The Bertz CT molecular complexity index is 1260. The Kier molecular flexibility index (Phi) is 6.37. The van der Waals surface area contributed by atoms with Crippen LogP contribution in [0.3, 0.4) is 0 Å². The zero-order valence-corrected chi connectivity index (χ0v) is 18.4. The summed E-state index contributed by atoms with van der Waals surface area (Å²) in [5, 5.41) is 14.4. The minimum atomic E-state index is -0.981. The second kappa shape index (κ2) is 9.37. The first-order chi connectivity index (χ1) is 15.4. The van der Waals surface area contributed by atoms with E-state index in [4.69, 9.17) is 0 Å². The zero-order valence-electron chi connectivity index (χ0n) is 18.4. The second-order valence-corrected chi connectivity index (χ2v) is 8.28. The van der Waals surface area contributed by atoms with Crippen LogP contribution < -0.4 is 5.32 Å². The summed E-state index contributed by atoms with van der Waals surface area (Å²) in [5.74, 6) is -1.31. The fourth-order valence-electron chi connectivity index (χ4n) is 4.14. The van der Waals surface area contributed by atoms with Crippen molar-refractivity contribution in [1.29, 1.82) is 0 Å². The summed E-state index contributed by atoms with van der Waals surface area (Å²) in [4.78, 5) is 12.3. The molecule has 0 aliphatic rings. The number of carboxylic acid groups (broad SMARTS) is 1. The predicted molar refractivity (Wildman–Crippen MR) is 126 cm³/mol. The molecule has 0 aliphatic carbocycles. The van der Waals surface area contributed by atoms with Gasteiger partial charge in [0.2, 0.25) is 0 Å². The van der Waals surface area contributed by atoms with Gasteiger partial charge >= 0.3 is 5.97 Å². The topological polar surface area (TPSA) is 54.3 Å². The first-order valence-corrected chi connectivity index (χ1v) is 10.8. The number of hydrogen-bond donors (Lipinski definition) is 2. The third kappa shape index (κ3) is 4.73. The maximum atomic E-state index is 13.7. The summed E-state index contributed by atoms with van der Waals surface area (Å²) < 4.78 is 15.5. The Labute approximate surface area is 187 Å². The lowest BCUT2D eigenvalue weighted by atomic mass is 10.1. The number of hydrogen-bond acceptors (Lipinski definition) is 2. The number of rotatable bonds is 8. The van der Waals surface area contributed by atoms with E-state index in [1.165, 1.54) is 23.3 Å². The predicted octanol–water partition coefficient (Wildman–Crippen LogP) is 5.48. The van der Waals surface area contributed by atoms with E-state index in [9.17, 15) is 14.3 Å². The lowest BCUT2D eigenvalue weighted by Gasteiger charge is -2.10. The SMILES string of the molecule is Cc1ccc(CCNCc2c(C(=O)O)n(Cc3cccc(F)c3)c3cc(C)ccc23)cc1. The van der Waals surface area contributed by atoms with E-state index in [1.54, 1.807) is 10.6 Å². The summed E-state index contributed by atoms with van der Waals surface area (Å²) in [6.45, 7) is 5.53. The van der Waals surface area contributed by atoms with E-state index in [1.807, 2.05) is 31.2 Å². The fourth-order valence-corrected chi connectivity index (χ4v) is 4.14. The molecular formula is C27H27FN2O2. The van der Waals surface area contributed by atoms with Crippen molar-refractivity contribution < 1.29 is 14.3 Å². The zero-order chi connectivity index (χ0) is 22.7. The highest BCUT2D eigenvalue weighted by molar-refractivity contribution is 5.98. The molecule has 0 amide bonds. The molecule has 0 atom stereocenters. The first-order valence-electron chi connectivity index (χ1n) is 10.8. The van der Waals surface area contributed by atoms with Crippen LogP contribution in [0.5, 0.6) is 0 Å². The van der Waals surface area contributed by atoms with Gasteiger partial charge in [-0.2, -0.15) is 0 Å². The van der Waals surface area contributed by atoms with Crippen LogP contribution in [0.2, 0.25) is 0 Å². The number of nitrogens with zero attached hydrogens (tertiary/aromatic N) is 1. The van der Waals surface area contributed by atoms with E-state index in [0.29, 0.717) is 13.1 Å². The van der Waals surface area contributed by atoms with Crippen molar-refractivity contribution in [1.82, 2.24) is 9.88 Å². The Morgan fingerprint density at radius 3 is 2.44 bits per heavy atom. The van der Waals surface area contributed by atoms with Crippen molar-refractivity contribution in [3.8, 4) is 0 Å². The van der Waals surface area contributed by atoms with Gasteiger partial charge in [-0.15, -0.1) is 0 Å². The molecule has 1 aromatic heterocycles. The summed E-state index contributed by atoms with van der Waals surface area (Å²) in [5.41, 5.74) is 6.10. The molecule has 32 heavy (non-hydrogen) atoms. The van der Waals surface area contributed by atoms with Gasteiger partial charge in [0, 0.05) is 29.6 Å². The molecule has 4 nitrogen and oxygen atoms in total. The van der Waals surface area contributed by atoms with E-state index >= 15 is 0 Å². The summed E-state index contributed by atoms with van der Waals surface area (Å²) in [6, 6.07) is 20.7. The summed E-state index contributed by atoms with van der Waals surface area (Å²) in [7, 11) is 0. The lowest BCUT2D eigenvalue weighted by molar-refractivity contribution is 0.0684. The average molecular weight is 431 g/mol. The molecule has 164 valence electrons. The normalized spacial score (nSPS) is 11.2. The van der Waals surface area contributed by atoms with E-state index < -0.39 is 5.97 Å². The summed E-state index contributed by atoms with van der Waals surface area (Å²) in [6.07, 6.45) is 0.865. The van der Waals surface area contributed by atoms with Gasteiger partial charge in [-0.1, -0.05) is 54.1 Å². The van der Waals surface area contributed by atoms with Gasteiger partial charge in [-0.25, -0.2) is 9.18 Å². The van der Waals surface area contributed by atoms with Crippen LogP contribution in [0.1, 0.15) is 38.3 Å². The van der Waals surface area contributed by atoms with Gasteiger partial charge in [-0.3, -0.25) is 0 Å². The molecule has 2 N–H and O–H groups in total. The monoisotopic (exact) mass is 430 g/mol. The number of aryl methyl sites for hydroxylation is 2. The number of aromatic nitrogens is 1. The molecule has 0 saturated heterocycles. The minimum absolute atomic E-state index is 0.248. The highest BCUT2D eigenvalue weighted by Crippen LogP contribution is 2.29. The highest BCUT2D eigenvalue weighted by Gasteiger charge is 2.22. The molecule has 0 spiro atoms. The van der Waals surface area contributed by atoms with Crippen LogP contribution in [0, 0.1) is 19.7 Å². The van der Waals surface area contributed by atoms with Crippen molar-refractivity contribution in [3.63, 3.8) is 0 Å². The molecule has 0 fully saturated rings. The molecule has 1 heterocycles. The molecule has 4 rings (SSSR count). The van der Waals surface area contributed by atoms with Crippen molar-refractivity contribution >= 4 is 16.9 Å². The Morgan fingerprint density at radius 2 is 1.72 bits per heavy atom. The number of carboxylic acids is 1. The van der Waals surface area contributed by atoms with Crippen molar-refractivity contribution in [2.24, 2.45) is 0 Å². The van der Waals surface area contributed by atoms with Gasteiger partial charge < -0.3 is 15.0 Å². The molecule has 0 radical (unpaired) electrons. The first kappa shape index (κ1) is 21.8. The third-order valence-corrected chi connectivity index (χ3v) is 5.77. The Hall–Kier alpha value is -3.44. The molecule has 0 unspecified atom stereocenters. The maximum Gasteiger partial charge on any atom is 0.352 e. The minimum Gasteiger partial charge on any atom is -0.477 e. The van der Waals surface area contributed by atoms with Gasteiger partial charge in [-0.05, 0) is 61.7 Å². The quantitative estimate of drug-likeness (QED) is 0.364. The Balaban J connectivity index is 1.64. The Morgan fingerprint density at radius 1 is 0.969 bits per heavy atom. The van der Waals surface area contributed by atoms with Crippen LogP contribution in [-0.4, -0.2) is 22.2 Å². The number of nitrogens with one attached hydrogen (secondary N) is 1. The van der Waals surface area contributed by atoms with Gasteiger partial charge in [0.05, 0.1) is 0 Å². The molecule has 4 aromatic rings. The molecule has 3 aromatic carbocycles. The molecule has 0 aliphatic heterocycles. The maximum absolute atomic E-state index is 13.7. The highest BCUT2D eigenvalue weighted by atomic mass is 19.1. The van der Waals surface area contributed by atoms with Crippen LogP contribution >= 0.6 is 0 Å². The van der Waals surface area contributed by atoms with Crippen molar-refractivity contribution in [3.05, 3.63) is 106 Å². The molecular weight excluding hydrogens is 403 g/mol. The number of carbonyl (C=O) groups is 1. The lowest BCUT2D eigenvalue weighted by Crippen LogP contribution is -2.19. The molecule has 0 saturated carbocycles. The average Bonchev–Trinajstić information content (AvgIpc) is 3.05. The molecule has 0 bridgehead atoms. The second-order valence-electron chi connectivity index (χ2n) is 8.28. The van der Waals surface area contributed by atoms with E-state index in [0.717, 1.165) is 40.6 Å². The van der Waals surface area contributed by atoms with Crippen molar-refractivity contribution in [2.75, 3.05) is 6.54 Å². The largest absolute Gasteiger partial charge is 0.477 e. The number of fused-ring (bicyclic) bond motifs is 1. The summed E-state index contributed by atoms with van der Waals surface area (Å²) >= 11 is 0. The number of benzene rings is 3. The smallest absolute Gasteiger partial charge is 0.352 e. The van der Waals surface area contributed by atoms with E-state index in [2.05, 4.69) is 36.5 Å². The molecule has 5 heteroatoms. The number of halogens is 1. The van der Waals surface area contributed by atoms with Gasteiger partial charge in [0.25, 0.3) is 0 Å². The fraction of sp³-hybridized carbons (Fsp3) is 0.222. The third-order valence-electron chi connectivity index (χ3n) is 5.77. The standard InChI is InChI=1S/C27H27FN2O2/c1-18-6-9-20(10-7-18)12-13-29-16-24-23-11-8-19(2)14-25(23)30(26(24)27(31)32)17-21-4-3-5-22(28)15-21/h3-11,14-15,29H,12-13,16-17H2,1-2H3,(H,31,32). The van der Waals surface area contributed by atoms with Gasteiger partial charge in [0.1, 0.15) is 11.5 Å². The van der Waals surface area contributed by atoms with Crippen LogP contribution in [-0.2, 0) is 19.5 Å². The van der Waals surface area contributed by atoms with Crippen LogP contribution in [0.4, 0.5) is 4.39 Å². The van der Waals surface area contributed by atoms with E-state index in [-0.39, 0.29) is 11.5 Å².